The molecule has 2 aliphatic heterocycles. The topological polar surface area (TPSA) is 52.7 Å². The molecule has 2 aliphatic rings. The van der Waals surface area contributed by atoms with Crippen molar-refractivity contribution >= 4 is 46.8 Å². The van der Waals surface area contributed by atoms with Crippen molar-refractivity contribution in [3.63, 3.8) is 0 Å². The summed E-state index contributed by atoms with van der Waals surface area (Å²) >= 11 is 11.6. The molecule has 168 valence electrons. The van der Waals surface area contributed by atoms with E-state index in [1.165, 1.54) is 12.1 Å². The number of fused-ring (bicyclic) bond motifs is 2. The van der Waals surface area contributed by atoms with E-state index >= 15 is 0 Å². The van der Waals surface area contributed by atoms with Gasteiger partial charge in [0, 0.05) is 48.5 Å². The molecule has 0 aromatic heterocycles. The molecule has 0 radical (unpaired) electrons. The van der Waals surface area contributed by atoms with Gasteiger partial charge in [0.15, 0.2) is 0 Å². The highest BCUT2D eigenvalue weighted by atomic mass is 35.5. The number of halogens is 3. The third kappa shape index (κ3) is 5.31. The molecule has 2 saturated heterocycles. The summed E-state index contributed by atoms with van der Waals surface area (Å²) in [6.07, 6.45) is 5.21. The molecular formula is C24H24Cl2FN3O2. The number of nitrogens with one attached hydrogen (secondary N) is 1. The average Bonchev–Trinajstić information content (AvgIpc) is 3.05. The van der Waals surface area contributed by atoms with Gasteiger partial charge >= 0.3 is 0 Å². The molecule has 2 fully saturated rings. The van der Waals surface area contributed by atoms with Crippen LogP contribution >= 0.6 is 23.2 Å². The zero-order valence-corrected chi connectivity index (χ0v) is 19.0. The van der Waals surface area contributed by atoms with Crippen LogP contribution in [-0.4, -0.2) is 52.7 Å². The Labute approximate surface area is 196 Å². The third-order valence-corrected chi connectivity index (χ3v) is 6.43. The van der Waals surface area contributed by atoms with Crippen LogP contribution in [0.1, 0.15) is 24.0 Å². The number of carbonyl (C=O) groups excluding carboxylic acids is 2. The molecular weight excluding hydrogens is 452 g/mol. The molecule has 2 aromatic rings. The van der Waals surface area contributed by atoms with Crippen molar-refractivity contribution in [2.75, 3.05) is 24.3 Å². The largest absolute Gasteiger partial charge is 0.331 e. The number of benzene rings is 2. The lowest BCUT2D eigenvalue weighted by atomic mass is 10.1. The second kappa shape index (κ2) is 10.0. The first-order valence-electron chi connectivity index (χ1n) is 10.6. The van der Waals surface area contributed by atoms with Crippen LogP contribution in [0.25, 0.3) is 6.08 Å². The minimum absolute atomic E-state index is 0.0384. The van der Waals surface area contributed by atoms with Gasteiger partial charge in [-0.15, -0.1) is 11.6 Å². The average molecular weight is 476 g/mol. The van der Waals surface area contributed by atoms with Gasteiger partial charge in [-0.1, -0.05) is 29.8 Å². The van der Waals surface area contributed by atoms with Gasteiger partial charge in [-0.3, -0.25) is 14.5 Å². The maximum absolute atomic E-state index is 13.2. The van der Waals surface area contributed by atoms with Crippen molar-refractivity contribution in [1.29, 1.82) is 0 Å². The summed E-state index contributed by atoms with van der Waals surface area (Å²) in [5.74, 6) is -0.781. The smallest absolute Gasteiger partial charge is 0.247 e. The van der Waals surface area contributed by atoms with Crippen molar-refractivity contribution in [3.05, 3.63) is 70.5 Å². The number of hydrogen-bond acceptors (Lipinski definition) is 3. The van der Waals surface area contributed by atoms with E-state index in [1.54, 1.807) is 30.4 Å². The minimum Gasteiger partial charge on any atom is -0.331 e. The maximum atomic E-state index is 13.2. The van der Waals surface area contributed by atoms with Gasteiger partial charge < -0.3 is 10.2 Å². The zero-order chi connectivity index (χ0) is 22.7. The first kappa shape index (κ1) is 22.8. The molecule has 2 heterocycles. The van der Waals surface area contributed by atoms with E-state index in [0.29, 0.717) is 16.3 Å². The highest BCUT2D eigenvalue weighted by Gasteiger charge is 2.41. The monoisotopic (exact) mass is 475 g/mol. The van der Waals surface area contributed by atoms with Crippen molar-refractivity contribution in [3.8, 4) is 0 Å². The predicted molar refractivity (Wildman–Crippen MR) is 125 cm³/mol. The fraction of sp³-hybridized carbons (Fsp3) is 0.333. The van der Waals surface area contributed by atoms with Crippen LogP contribution in [0.4, 0.5) is 10.1 Å². The Hall–Kier alpha value is -2.41. The van der Waals surface area contributed by atoms with Gasteiger partial charge in [-0.25, -0.2) is 4.39 Å². The van der Waals surface area contributed by atoms with Crippen molar-refractivity contribution in [2.45, 2.75) is 31.5 Å². The quantitative estimate of drug-likeness (QED) is 0.492. The number of rotatable bonds is 6. The number of hydrogen-bond donors (Lipinski definition) is 1. The fourth-order valence-corrected chi connectivity index (χ4v) is 4.78. The predicted octanol–water partition coefficient (Wildman–Crippen LogP) is 4.55. The van der Waals surface area contributed by atoms with Gasteiger partial charge in [0.05, 0.1) is 0 Å². The third-order valence-electron chi connectivity index (χ3n) is 5.95. The summed E-state index contributed by atoms with van der Waals surface area (Å²) < 4.78 is 13.2. The van der Waals surface area contributed by atoms with Crippen LogP contribution in [-0.2, 0) is 16.1 Å². The van der Waals surface area contributed by atoms with Crippen molar-refractivity contribution in [1.82, 2.24) is 9.80 Å². The molecule has 1 N–H and O–H groups in total. The molecule has 5 nitrogen and oxygen atoms in total. The molecule has 2 atom stereocenters. The lowest BCUT2D eigenvalue weighted by molar-refractivity contribution is -0.131. The van der Waals surface area contributed by atoms with Crippen LogP contribution in [0.15, 0.2) is 48.5 Å². The van der Waals surface area contributed by atoms with Gasteiger partial charge in [0.2, 0.25) is 11.8 Å². The Morgan fingerprint density at radius 1 is 1.09 bits per heavy atom. The van der Waals surface area contributed by atoms with E-state index in [0.717, 1.165) is 38.0 Å². The van der Waals surface area contributed by atoms with Crippen LogP contribution < -0.4 is 5.32 Å². The second-order valence-electron chi connectivity index (χ2n) is 8.20. The van der Waals surface area contributed by atoms with Gasteiger partial charge in [-0.2, -0.15) is 0 Å². The van der Waals surface area contributed by atoms with Gasteiger partial charge in [-0.05, 0) is 54.3 Å². The van der Waals surface area contributed by atoms with Crippen LogP contribution in [0.3, 0.4) is 0 Å². The number of amides is 2. The summed E-state index contributed by atoms with van der Waals surface area (Å²) in [4.78, 5) is 29.0. The number of piperazine rings is 1. The van der Waals surface area contributed by atoms with E-state index in [1.807, 2.05) is 17.0 Å². The number of likely N-dealkylation sites (tertiary alicyclic amines) is 1. The molecule has 2 bridgehead atoms. The van der Waals surface area contributed by atoms with Crippen LogP contribution in [0, 0.1) is 5.82 Å². The van der Waals surface area contributed by atoms with E-state index in [2.05, 4.69) is 10.2 Å². The molecule has 0 saturated carbocycles. The van der Waals surface area contributed by atoms with Crippen molar-refractivity contribution < 1.29 is 14.0 Å². The van der Waals surface area contributed by atoms with Gasteiger partial charge in [0.1, 0.15) is 11.7 Å². The lowest BCUT2D eigenvalue weighted by Crippen LogP contribution is -2.55. The SMILES string of the molecule is O=C(CCl)Nc1cc(Cl)ccc1C=CC(=O)N1C2CCC1CN(Cc1ccc(F)cc1)C2. The molecule has 0 aliphatic carbocycles. The second-order valence-corrected chi connectivity index (χ2v) is 8.90. The highest BCUT2D eigenvalue weighted by Crippen LogP contribution is 2.31. The number of nitrogens with zero attached hydrogens (tertiary/aromatic N) is 2. The summed E-state index contributed by atoms with van der Waals surface area (Å²) in [7, 11) is 0. The maximum Gasteiger partial charge on any atom is 0.247 e. The standard InChI is InChI=1S/C24H24Cl2FN3O2/c25-12-23(31)28-22-11-18(26)5-3-17(22)4-10-24(32)30-20-8-9-21(30)15-29(14-20)13-16-1-6-19(27)7-2-16/h1-7,10-11,20-21H,8-9,12-15H2,(H,28,31). The summed E-state index contributed by atoms with van der Waals surface area (Å²) in [6.45, 7) is 2.34. The Morgan fingerprint density at radius 2 is 1.78 bits per heavy atom. The Morgan fingerprint density at radius 3 is 2.44 bits per heavy atom. The zero-order valence-electron chi connectivity index (χ0n) is 17.4. The Bertz CT molecular complexity index is 1010. The van der Waals surface area contributed by atoms with Gasteiger partial charge in [0.25, 0.3) is 0 Å². The normalized spacial score (nSPS) is 20.7. The molecule has 2 aromatic carbocycles. The first-order chi connectivity index (χ1) is 15.4. The first-order valence-corrected chi connectivity index (χ1v) is 11.5. The number of carbonyl (C=O) groups is 2. The molecule has 2 unspecified atom stereocenters. The van der Waals surface area contributed by atoms with Crippen molar-refractivity contribution in [2.24, 2.45) is 0 Å². The lowest BCUT2D eigenvalue weighted by Gasteiger charge is -2.40. The van der Waals surface area contributed by atoms with Crippen LogP contribution in [0.5, 0.6) is 0 Å². The summed E-state index contributed by atoms with van der Waals surface area (Å²) in [5, 5.41) is 3.19. The number of alkyl halides is 1. The van der Waals surface area contributed by atoms with E-state index < -0.39 is 0 Å². The van der Waals surface area contributed by atoms with E-state index in [9.17, 15) is 14.0 Å². The van der Waals surface area contributed by atoms with E-state index in [4.69, 9.17) is 23.2 Å². The van der Waals surface area contributed by atoms with Crippen LogP contribution in [0.2, 0.25) is 5.02 Å². The Balaban J connectivity index is 1.42. The summed E-state index contributed by atoms with van der Waals surface area (Å²) in [6, 6.07) is 12.0. The molecule has 32 heavy (non-hydrogen) atoms. The molecule has 2 amide bonds. The minimum atomic E-state index is -0.342. The molecule has 4 rings (SSSR count). The Kier molecular flexibility index (Phi) is 7.13. The molecule has 0 spiro atoms. The molecule has 8 heteroatoms. The highest BCUT2D eigenvalue weighted by molar-refractivity contribution is 6.31. The van der Waals surface area contributed by atoms with E-state index in [-0.39, 0.29) is 35.6 Å². The summed E-state index contributed by atoms with van der Waals surface area (Å²) in [5.41, 5.74) is 2.27. The fourth-order valence-electron chi connectivity index (χ4n) is 4.54. The number of anilines is 1.